The second-order valence-electron chi connectivity index (χ2n) is 7.90. The zero-order valence-corrected chi connectivity index (χ0v) is 12.6. The van der Waals surface area contributed by atoms with Crippen LogP contribution in [0.25, 0.3) is 0 Å². The van der Waals surface area contributed by atoms with E-state index in [-0.39, 0.29) is 16.9 Å². The molecule has 1 saturated carbocycles. The Labute approximate surface area is 125 Å². The Morgan fingerprint density at radius 3 is 3.05 bits per heavy atom. The van der Waals surface area contributed by atoms with Crippen LogP contribution in [0.1, 0.15) is 37.8 Å². The van der Waals surface area contributed by atoms with E-state index in [1.807, 2.05) is 0 Å². The smallest absolute Gasteiger partial charge is 0.179 e. The Hall–Kier alpha value is -1.35. The summed E-state index contributed by atoms with van der Waals surface area (Å²) >= 11 is 0. The number of nitrogens with one attached hydrogen (secondary N) is 1. The monoisotopic (exact) mass is 283 g/mol. The highest BCUT2D eigenvalue weighted by atomic mass is 16.5. The third-order valence-electron chi connectivity index (χ3n) is 6.46. The molecule has 4 atom stereocenters. The van der Waals surface area contributed by atoms with Crippen LogP contribution in [-0.4, -0.2) is 24.5 Å². The van der Waals surface area contributed by atoms with E-state index >= 15 is 0 Å². The molecule has 1 aromatic carbocycles. The number of hydrogen-bond acceptors (Lipinski definition) is 3. The molecule has 2 fully saturated rings. The van der Waals surface area contributed by atoms with E-state index in [0.29, 0.717) is 17.7 Å². The van der Waals surface area contributed by atoms with Crippen molar-refractivity contribution in [3.8, 4) is 5.75 Å². The fourth-order valence-corrected chi connectivity index (χ4v) is 5.59. The van der Waals surface area contributed by atoms with E-state index < -0.39 is 0 Å². The molecule has 2 heterocycles. The molecule has 4 aliphatic rings. The van der Waals surface area contributed by atoms with Gasteiger partial charge < -0.3 is 10.1 Å². The van der Waals surface area contributed by atoms with Gasteiger partial charge in [0.2, 0.25) is 0 Å². The number of ether oxygens (including phenoxy) is 1. The largest absolute Gasteiger partial charge is 0.481 e. The molecule has 2 aliphatic heterocycles. The third kappa shape index (κ3) is 1.24. The molecule has 110 valence electrons. The van der Waals surface area contributed by atoms with Gasteiger partial charge in [0, 0.05) is 22.4 Å². The highest BCUT2D eigenvalue weighted by molar-refractivity contribution is 5.93. The van der Waals surface area contributed by atoms with Gasteiger partial charge in [-0.3, -0.25) is 4.79 Å². The minimum atomic E-state index is -0.268. The highest BCUT2D eigenvalue weighted by Crippen LogP contribution is 2.62. The lowest BCUT2D eigenvalue weighted by Gasteiger charge is -2.57. The summed E-state index contributed by atoms with van der Waals surface area (Å²) in [6, 6.07) is 6.87. The molecule has 1 aromatic rings. The lowest BCUT2D eigenvalue weighted by Crippen LogP contribution is -2.68. The number of rotatable bonds is 0. The molecule has 3 nitrogen and oxygen atoms in total. The first kappa shape index (κ1) is 12.2. The normalized spacial score (nSPS) is 41.4. The number of carbonyl (C=O) groups is 1. The lowest BCUT2D eigenvalue weighted by atomic mass is 9.48. The van der Waals surface area contributed by atoms with Gasteiger partial charge in [0.15, 0.2) is 11.9 Å². The number of benzene rings is 1. The van der Waals surface area contributed by atoms with E-state index in [1.165, 1.54) is 11.1 Å². The number of ketones is 1. The van der Waals surface area contributed by atoms with Gasteiger partial charge in [-0.05, 0) is 43.4 Å². The second kappa shape index (κ2) is 3.52. The van der Waals surface area contributed by atoms with Gasteiger partial charge in [-0.15, -0.1) is 0 Å². The summed E-state index contributed by atoms with van der Waals surface area (Å²) in [7, 11) is 0. The van der Waals surface area contributed by atoms with Crippen LogP contribution in [0.4, 0.5) is 0 Å². The van der Waals surface area contributed by atoms with Crippen LogP contribution in [0.15, 0.2) is 18.2 Å². The van der Waals surface area contributed by atoms with Crippen LogP contribution in [0, 0.1) is 11.3 Å². The Morgan fingerprint density at radius 1 is 1.33 bits per heavy atom. The maximum Gasteiger partial charge on any atom is 0.179 e. The van der Waals surface area contributed by atoms with Gasteiger partial charge in [-0.25, -0.2) is 0 Å². The first-order chi connectivity index (χ1) is 10.0. The first-order valence-electron chi connectivity index (χ1n) is 8.11. The van der Waals surface area contributed by atoms with Crippen molar-refractivity contribution in [1.29, 1.82) is 0 Å². The van der Waals surface area contributed by atoms with Crippen molar-refractivity contribution in [3.05, 3.63) is 29.3 Å². The van der Waals surface area contributed by atoms with Crippen molar-refractivity contribution in [2.24, 2.45) is 11.3 Å². The fourth-order valence-electron chi connectivity index (χ4n) is 5.59. The average molecular weight is 283 g/mol. The minimum absolute atomic E-state index is 0.0489. The molecule has 3 heteroatoms. The van der Waals surface area contributed by atoms with Gasteiger partial charge in [-0.2, -0.15) is 0 Å². The molecule has 0 amide bonds. The zero-order chi connectivity index (χ0) is 14.4. The lowest BCUT2D eigenvalue weighted by molar-refractivity contribution is -0.148. The van der Waals surface area contributed by atoms with Crippen LogP contribution in [0.2, 0.25) is 0 Å². The molecule has 21 heavy (non-hydrogen) atoms. The summed E-state index contributed by atoms with van der Waals surface area (Å²) in [6.07, 6.45) is 2.84. The topological polar surface area (TPSA) is 38.3 Å². The predicted octanol–water partition coefficient (Wildman–Crippen LogP) is 2.22. The van der Waals surface area contributed by atoms with Crippen LogP contribution >= 0.6 is 0 Å². The Balaban J connectivity index is 1.81. The van der Waals surface area contributed by atoms with Crippen molar-refractivity contribution in [2.45, 2.75) is 50.7 Å². The number of piperidine rings is 1. The molecule has 1 unspecified atom stereocenters. The summed E-state index contributed by atoms with van der Waals surface area (Å²) < 4.78 is 6.25. The number of carbonyl (C=O) groups excluding carboxylic acids is 1. The molecule has 1 N–H and O–H groups in total. The quantitative estimate of drug-likeness (QED) is 0.793. The van der Waals surface area contributed by atoms with Gasteiger partial charge in [0.25, 0.3) is 0 Å². The minimum Gasteiger partial charge on any atom is -0.481 e. The van der Waals surface area contributed by atoms with E-state index in [1.54, 1.807) is 0 Å². The molecule has 1 saturated heterocycles. The van der Waals surface area contributed by atoms with Gasteiger partial charge >= 0.3 is 0 Å². The van der Waals surface area contributed by atoms with Crippen molar-refractivity contribution in [1.82, 2.24) is 5.32 Å². The van der Waals surface area contributed by atoms with Gasteiger partial charge in [-0.1, -0.05) is 26.0 Å². The Morgan fingerprint density at radius 2 is 2.19 bits per heavy atom. The van der Waals surface area contributed by atoms with Crippen LogP contribution in [0.5, 0.6) is 5.75 Å². The standard InChI is InChI=1S/C18H21NO2/c1-17(2)9-11-12-8-10-4-3-5-13-14(10)18(11,6-7-19-12)16(21-13)15(17)20/h3-5,11-12,16,19H,6-9H2,1-2H3/t11-,12+,16?,18-/m0/s1. The molecule has 0 aromatic heterocycles. The zero-order valence-electron chi connectivity index (χ0n) is 12.6. The van der Waals surface area contributed by atoms with Crippen molar-refractivity contribution in [2.75, 3.05) is 6.54 Å². The van der Waals surface area contributed by atoms with Crippen molar-refractivity contribution < 1.29 is 9.53 Å². The maximum absolute atomic E-state index is 13.0. The summed E-state index contributed by atoms with van der Waals surface area (Å²) in [4.78, 5) is 13.0. The molecule has 5 rings (SSSR count). The third-order valence-corrected chi connectivity index (χ3v) is 6.46. The fraction of sp³-hybridized carbons (Fsp3) is 0.611. The molecule has 2 bridgehead atoms. The van der Waals surface area contributed by atoms with Crippen molar-refractivity contribution >= 4 is 5.78 Å². The summed E-state index contributed by atoms with van der Waals surface area (Å²) in [5.74, 6) is 1.82. The Bertz CT molecular complexity index is 665. The molecule has 0 radical (unpaired) electrons. The van der Waals surface area contributed by atoms with E-state index in [2.05, 4.69) is 37.4 Å². The maximum atomic E-state index is 13.0. The van der Waals surface area contributed by atoms with Crippen LogP contribution < -0.4 is 10.1 Å². The van der Waals surface area contributed by atoms with E-state index in [4.69, 9.17) is 4.74 Å². The van der Waals surface area contributed by atoms with Gasteiger partial charge in [0.05, 0.1) is 0 Å². The van der Waals surface area contributed by atoms with E-state index in [0.717, 1.165) is 31.6 Å². The van der Waals surface area contributed by atoms with Crippen molar-refractivity contribution in [3.63, 3.8) is 0 Å². The average Bonchev–Trinajstić information content (AvgIpc) is 2.76. The molecular weight excluding hydrogens is 262 g/mol. The van der Waals surface area contributed by atoms with E-state index in [9.17, 15) is 4.79 Å². The highest BCUT2D eigenvalue weighted by Gasteiger charge is 2.67. The second-order valence-corrected chi connectivity index (χ2v) is 7.90. The summed E-state index contributed by atoms with van der Waals surface area (Å²) in [6.45, 7) is 5.20. The summed E-state index contributed by atoms with van der Waals surface area (Å²) in [5, 5.41) is 3.71. The molecule has 2 aliphatic carbocycles. The first-order valence-corrected chi connectivity index (χ1v) is 8.11. The molecular formula is C18H21NO2. The van der Waals surface area contributed by atoms with Crippen LogP contribution in [0.3, 0.4) is 0 Å². The van der Waals surface area contributed by atoms with Gasteiger partial charge in [0.1, 0.15) is 5.75 Å². The predicted molar refractivity (Wildman–Crippen MR) is 79.5 cm³/mol. The Kier molecular flexibility index (Phi) is 2.05. The summed E-state index contributed by atoms with van der Waals surface area (Å²) in [5.41, 5.74) is 2.46. The number of hydrogen-bond donors (Lipinski definition) is 1. The van der Waals surface area contributed by atoms with Crippen LogP contribution in [-0.2, 0) is 16.6 Å². The molecule has 1 spiro atoms. The number of Topliss-reactive ketones (excluding diaryl/α,β-unsaturated/α-hetero) is 1. The SMILES string of the molecule is CC1(C)C[C@H]2[C@H]3Cc4cccc5c4[C@@]2(CCN3)C(O5)C1=O.